The highest BCUT2D eigenvalue weighted by Crippen LogP contribution is 2.21. The molecule has 4 nitrogen and oxygen atoms in total. The first-order valence-corrected chi connectivity index (χ1v) is 4.13. The summed E-state index contributed by atoms with van der Waals surface area (Å²) in [6.45, 7) is 0. The predicted octanol–water partition coefficient (Wildman–Crippen LogP) is 1.55. The Morgan fingerprint density at radius 2 is 2.00 bits per heavy atom. The molecule has 15 heavy (non-hydrogen) atoms. The number of rotatable bonds is 1. The average molecular weight is 200 g/mol. The van der Waals surface area contributed by atoms with Crippen molar-refractivity contribution < 1.29 is 4.39 Å². The molecule has 72 valence electrons. The van der Waals surface area contributed by atoms with Crippen LogP contribution < -0.4 is 0 Å². The molecule has 0 atom stereocenters. The topological polar surface area (TPSA) is 62.5 Å². The van der Waals surface area contributed by atoms with Gasteiger partial charge in [0.25, 0.3) is 0 Å². The van der Waals surface area contributed by atoms with Crippen LogP contribution >= 0.6 is 0 Å². The highest BCUT2D eigenvalue weighted by Gasteiger charge is 2.10. The van der Waals surface area contributed by atoms with Gasteiger partial charge in [-0.05, 0) is 6.07 Å². The first kappa shape index (κ1) is 9.21. The molecule has 0 fully saturated rings. The van der Waals surface area contributed by atoms with Gasteiger partial charge in [-0.25, -0.2) is 19.3 Å². The van der Waals surface area contributed by atoms with Crippen molar-refractivity contribution in [2.24, 2.45) is 0 Å². The van der Waals surface area contributed by atoms with Gasteiger partial charge in [0.1, 0.15) is 12.4 Å². The lowest BCUT2D eigenvalue weighted by Crippen LogP contribution is -1.93. The Morgan fingerprint density at radius 1 is 1.27 bits per heavy atom. The second-order valence-corrected chi connectivity index (χ2v) is 2.76. The van der Waals surface area contributed by atoms with Crippen molar-refractivity contribution in [3.63, 3.8) is 0 Å². The van der Waals surface area contributed by atoms with Crippen LogP contribution in [0.4, 0.5) is 4.39 Å². The molecular weight excluding hydrogens is 195 g/mol. The summed E-state index contributed by atoms with van der Waals surface area (Å²) in [4.78, 5) is 11.2. The zero-order valence-corrected chi connectivity index (χ0v) is 7.55. The molecule has 5 heteroatoms. The molecule has 0 aromatic carbocycles. The summed E-state index contributed by atoms with van der Waals surface area (Å²) in [5.41, 5.74) is 0.576. The van der Waals surface area contributed by atoms with Crippen molar-refractivity contribution in [2.75, 3.05) is 0 Å². The van der Waals surface area contributed by atoms with E-state index in [-0.39, 0.29) is 11.3 Å². The van der Waals surface area contributed by atoms with Crippen LogP contribution in [-0.4, -0.2) is 15.0 Å². The van der Waals surface area contributed by atoms with Gasteiger partial charge in [-0.1, -0.05) is 0 Å². The SMILES string of the molecule is N#Cc1nccc(-c2cncnc2)c1F. The van der Waals surface area contributed by atoms with Gasteiger partial charge in [0.2, 0.25) is 0 Å². The minimum atomic E-state index is -0.644. The summed E-state index contributed by atoms with van der Waals surface area (Å²) in [6, 6.07) is 3.16. The monoisotopic (exact) mass is 200 g/mol. The molecule has 0 aliphatic heterocycles. The zero-order chi connectivity index (χ0) is 10.7. The number of nitrogens with zero attached hydrogens (tertiary/aromatic N) is 4. The van der Waals surface area contributed by atoms with Gasteiger partial charge < -0.3 is 0 Å². The fraction of sp³-hybridized carbons (Fsp3) is 0. The molecule has 0 spiro atoms. The minimum Gasteiger partial charge on any atom is -0.244 e. The Hall–Kier alpha value is -2.35. The molecular formula is C10H5FN4. The van der Waals surface area contributed by atoms with E-state index in [1.165, 1.54) is 31.0 Å². The third kappa shape index (κ3) is 1.65. The van der Waals surface area contributed by atoms with Gasteiger partial charge in [-0.2, -0.15) is 5.26 Å². The van der Waals surface area contributed by atoms with Crippen molar-refractivity contribution in [2.45, 2.75) is 0 Å². The highest BCUT2D eigenvalue weighted by molar-refractivity contribution is 5.63. The van der Waals surface area contributed by atoms with E-state index in [1.807, 2.05) is 0 Å². The van der Waals surface area contributed by atoms with Crippen LogP contribution in [0.2, 0.25) is 0 Å². The normalized spacial score (nSPS) is 9.60. The Bertz CT molecular complexity index is 519. The van der Waals surface area contributed by atoms with Crippen LogP contribution in [0.3, 0.4) is 0 Å². The van der Waals surface area contributed by atoms with Gasteiger partial charge in [0.15, 0.2) is 11.5 Å². The van der Waals surface area contributed by atoms with Crippen molar-refractivity contribution in [3.8, 4) is 17.2 Å². The van der Waals surface area contributed by atoms with Crippen LogP contribution in [0.1, 0.15) is 5.69 Å². The first-order valence-electron chi connectivity index (χ1n) is 4.13. The van der Waals surface area contributed by atoms with Crippen LogP contribution in [0.15, 0.2) is 31.0 Å². The quantitative estimate of drug-likeness (QED) is 0.700. The average Bonchev–Trinajstić information content (AvgIpc) is 2.30. The number of hydrogen-bond donors (Lipinski definition) is 0. The number of aromatic nitrogens is 3. The summed E-state index contributed by atoms with van der Waals surface area (Å²) in [5, 5.41) is 8.61. The molecule has 2 rings (SSSR count). The molecule has 0 aliphatic carbocycles. The van der Waals surface area contributed by atoms with Crippen molar-refractivity contribution in [3.05, 3.63) is 42.5 Å². The third-order valence-corrected chi connectivity index (χ3v) is 1.87. The Kier molecular flexibility index (Phi) is 2.33. The number of nitriles is 1. The molecule has 0 radical (unpaired) electrons. The number of pyridine rings is 1. The minimum absolute atomic E-state index is 0.226. The maximum atomic E-state index is 13.6. The number of halogens is 1. The molecule has 0 bridgehead atoms. The Balaban J connectivity index is 2.61. The second kappa shape index (κ2) is 3.80. The summed E-state index contributed by atoms with van der Waals surface area (Å²) in [5.74, 6) is -0.644. The molecule has 0 saturated carbocycles. The first-order chi connectivity index (χ1) is 7.33. The van der Waals surface area contributed by atoms with Gasteiger partial charge >= 0.3 is 0 Å². The van der Waals surface area contributed by atoms with Gasteiger partial charge in [0, 0.05) is 29.7 Å². The molecule has 0 saturated heterocycles. The van der Waals surface area contributed by atoms with E-state index >= 15 is 0 Å². The van der Waals surface area contributed by atoms with E-state index in [0.717, 1.165) is 0 Å². The van der Waals surface area contributed by atoms with Gasteiger partial charge in [-0.15, -0.1) is 0 Å². The molecule has 0 unspecified atom stereocenters. The lowest BCUT2D eigenvalue weighted by atomic mass is 10.1. The summed E-state index contributed by atoms with van der Waals surface area (Å²) in [6.07, 6.45) is 5.69. The smallest absolute Gasteiger partial charge is 0.176 e. The fourth-order valence-corrected chi connectivity index (χ4v) is 1.18. The van der Waals surface area contributed by atoms with E-state index in [1.54, 1.807) is 6.07 Å². The summed E-state index contributed by atoms with van der Waals surface area (Å²) >= 11 is 0. The number of hydrogen-bond acceptors (Lipinski definition) is 4. The standard InChI is InChI=1S/C10H5FN4/c11-10-8(1-2-15-9(10)3-12)7-4-13-6-14-5-7/h1-2,4-6H. The van der Waals surface area contributed by atoms with Crippen LogP contribution in [0.25, 0.3) is 11.1 Å². The lowest BCUT2D eigenvalue weighted by molar-refractivity contribution is 0.620. The van der Waals surface area contributed by atoms with Crippen molar-refractivity contribution >= 4 is 0 Å². The molecule has 0 amide bonds. The van der Waals surface area contributed by atoms with Gasteiger partial charge in [-0.3, -0.25) is 0 Å². The van der Waals surface area contributed by atoms with E-state index in [0.29, 0.717) is 5.56 Å². The molecule has 2 aromatic heterocycles. The largest absolute Gasteiger partial charge is 0.244 e. The Morgan fingerprint density at radius 3 is 2.67 bits per heavy atom. The van der Waals surface area contributed by atoms with Crippen LogP contribution in [0.5, 0.6) is 0 Å². The summed E-state index contributed by atoms with van der Waals surface area (Å²) < 4.78 is 13.6. The molecule has 2 heterocycles. The highest BCUT2D eigenvalue weighted by atomic mass is 19.1. The van der Waals surface area contributed by atoms with E-state index in [9.17, 15) is 4.39 Å². The second-order valence-electron chi connectivity index (χ2n) is 2.76. The van der Waals surface area contributed by atoms with Crippen LogP contribution in [0, 0.1) is 17.1 Å². The Labute approximate surface area is 85.1 Å². The van der Waals surface area contributed by atoms with Crippen molar-refractivity contribution in [1.29, 1.82) is 5.26 Å². The molecule has 2 aromatic rings. The van der Waals surface area contributed by atoms with Crippen LogP contribution in [-0.2, 0) is 0 Å². The van der Waals surface area contributed by atoms with E-state index < -0.39 is 5.82 Å². The zero-order valence-electron chi connectivity index (χ0n) is 7.55. The van der Waals surface area contributed by atoms with E-state index in [2.05, 4.69) is 15.0 Å². The van der Waals surface area contributed by atoms with Crippen molar-refractivity contribution in [1.82, 2.24) is 15.0 Å². The lowest BCUT2D eigenvalue weighted by Gasteiger charge is -2.01. The molecule has 0 N–H and O–H groups in total. The summed E-state index contributed by atoms with van der Waals surface area (Å²) in [7, 11) is 0. The third-order valence-electron chi connectivity index (χ3n) is 1.87. The van der Waals surface area contributed by atoms with Gasteiger partial charge in [0.05, 0.1) is 0 Å². The van der Waals surface area contributed by atoms with E-state index in [4.69, 9.17) is 5.26 Å². The maximum absolute atomic E-state index is 13.6. The fourth-order valence-electron chi connectivity index (χ4n) is 1.18. The maximum Gasteiger partial charge on any atom is 0.176 e. The predicted molar refractivity (Wildman–Crippen MR) is 49.9 cm³/mol. The molecule has 0 aliphatic rings.